The summed E-state index contributed by atoms with van der Waals surface area (Å²) in [4.78, 5) is 24.8. The Hall–Kier alpha value is -2.37. The zero-order valence-electron chi connectivity index (χ0n) is 16.2. The Morgan fingerprint density at radius 3 is 2.41 bits per heavy atom. The summed E-state index contributed by atoms with van der Waals surface area (Å²) in [7, 11) is -3.66. The molecule has 1 N–H and O–H groups in total. The molecule has 1 aromatic heterocycles. The van der Waals surface area contributed by atoms with E-state index in [2.05, 4.69) is 29.4 Å². The molecule has 156 valence electrons. The first-order valence-electron chi connectivity index (χ1n) is 9.23. The first-order chi connectivity index (χ1) is 13.8. The van der Waals surface area contributed by atoms with E-state index >= 15 is 0 Å². The van der Waals surface area contributed by atoms with Crippen LogP contribution in [0.1, 0.15) is 29.2 Å². The zero-order valence-corrected chi connectivity index (χ0v) is 17.9. The van der Waals surface area contributed by atoms with Crippen LogP contribution in [0.15, 0.2) is 29.2 Å². The monoisotopic (exact) mass is 437 g/mol. The summed E-state index contributed by atoms with van der Waals surface area (Å²) < 4.78 is 26.8. The highest BCUT2D eigenvalue weighted by Crippen LogP contribution is 2.21. The van der Waals surface area contributed by atoms with Crippen molar-refractivity contribution in [1.82, 2.24) is 19.4 Å². The molecule has 29 heavy (non-hydrogen) atoms. The number of hydrogen-bond donors (Lipinski definition) is 1. The molecule has 3 rings (SSSR count). The Morgan fingerprint density at radius 2 is 1.83 bits per heavy atom. The fraction of sp³-hybridized carbons (Fsp3) is 0.444. The van der Waals surface area contributed by atoms with E-state index in [1.165, 1.54) is 39.9 Å². The normalized spacial score (nSPS) is 15.5. The number of carbonyl (C=O) groups excluding carboxylic acids is 2. The number of nitrogens with zero attached hydrogens (tertiary/aromatic N) is 4. The summed E-state index contributed by atoms with van der Waals surface area (Å²) >= 11 is 1.33. The third-order valence-corrected chi connectivity index (χ3v) is 7.22. The molecule has 0 saturated carbocycles. The van der Waals surface area contributed by atoms with Crippen molar-refractivity contribution < 1.29 is 18.0 Å². The fourth-order valence-electron chi connectivity index (χ4n) is 2.88. The van der Waals surface area contributed by atoms with Gasteiger partial charge in [-0.25, -0.2) is 8.42 Å². The number of rotatable bonds is 7. The SMILES string of the molecule is CC(C)Cc1nnc(NC(=O)c2ccc(S(=O)(=O)N3CCN(C=O)CC3)cc2)s1. The quantitative estimate of drug-likeness (QED) is 0.656. The number of anilines is 1. The van der Waals surface area contributed by atoms with Crippen LogP contribution in [-0.4, -0.2) is 66.3 Å². The second-order valence-electron chi connectivity index (χ2n) is 7.12. The van der Waals surface area contributed by atoms with Gasteiger partial charge in [0.2, 0.25) is 21.6 Å². The molecule has 0 spiro atoms. The molecule has 2 aromatic rings. The fourth-order valence-corrected chi connectivity index (χ4v) is 5.25. The first kappa shape index (κ1) is 21.3. The third kappa shape index (κ3) is 5.17. The molecule has 9 nitrogen and oxygen atoms in total. The summed E-state index contributed by atoms with van der Waals surface area (Å²) in [5, 5.41) is 12.0. The zero-order chi connectivity index (χ0) is 21.0. The standard InChI is InChI=1S/C18H23N5O4S2/c1-13(2)11-16-20-21-18(28-16)19-17(25)14-3-5-15(6-4-14)29(26,27)23-9-7-22(12-24)8-10-23/h3-6,12-13H,7-11H2,1-2H3,(H,19,21,25). The highest BCUT2D eigenvalue weighted by Gasteiger charge is 2.28. The molecule has 1 saturated heterocycles. The Balaban J connectivity index is 1.65. The van der Waals surface area contributed by atoms with Gasteiger partial charge in [0.25, 0.3) is 5.91 Å². The van der Waals surface area contributed by atoms with Gasteiger partial charge in [-0.1, -0.05) is 25.2 Å². The second-order valence-corrected chi connectivity index (χ2v) is 10.1. The molecule has 2 amide bonds. The molecule has 0 bridgehead atoms. The lowest BCUT2D eigenvalue weighted by Gasteiger charge is -2.31. The van der Waals surface area contributed by atoms with Gasteiger partial charge in [0.1, 0.15) is 5.01 Å². The Morgan fingerprint density at radius 1 is 1.17 bits per heavy atom. The maximum Gasteiger partial charge on any atom is 0.257 e. The summed E-state index contributed by atoms with van der Waals surface area (Å²) in [6.45, 7) is 5.39. The molecule has 11 heteroatoms. The van der Waals surface area contributed by atoms with Crippen molar-refractivity contribution in [2.45, 2.75) is 25.2 Å². The van der Waals surface area contributed by atoms with E-state index in [1.54, 1.807) is 4.90 Å². The molecule has 0 radical (unpaired) electrons. The molecular formula is C18H23N5O4S2. The molecule has 2 heterocycles. The van der Waals surface area contributed by atoms with Crippen LogP contribution in [0.3, 0.4) is 0 Å². The van der Waals surface area contributed by atoms with E-state index in [0.717, 1.165) is 17.8 Å². The van der Waals surface area contributed by atoms with Crippen LogP contribution >= 0.6 is 11.3 Å². The van der Waals surface area contributed by atoms with E-state index in [4.69, 9.17) is 0 Å². The highest BCUT2D eigenvalue weighted by atomic mass is 32.2. The van der Waals surface area contributed by atoms with E-state index in [9.17, 15) is 18.0 Å². The maximum atomic E-state index is 12.7. The molecule has 0 aliphatic carbocycles. The number of nitrogens with one attached hydrogen (secondary N) is 1. The minimum Gasteiger partial charge on any atom is -0.343 e. The lowest BCUT2D eigenvalue weighted by molar-refractivity contribution is -0.119. The molecule has 0 unspecified atom stereocenters. The van der Waals surface area contributed by atoms with E-state index in [0.29, 0.717) is 29.7 Å². The van der Waals surface area contributed by atoms with Crippen LogP contribution in [0.4, 0.5) is 5.13 Å². The Kier molecular flexibility index (Phi) is 6.60. The predicted molar refractivity (Wildman–Crippen MR) is 109 cm³/mol. The van der Waals surface area contributed by atoms with E-state index in [-0.39, 0.29) is 23.9 Å². The second kappa shape index (κ2) is 8.97. The number of benzene rings is 1. The molecule has 1 fully saturated rings. The van der Waals surface area contributed by atoms with Gasteiger partial charge in [-0.2, -0.15) is 4.31 Å². The lowest BCUT2D eigenvalue weighted by atomic mass is 10.1. The van der Waals surface area contributed by atoms with E-state index < -0.39 is 10.0 Å². The predicted octanol–water partition coefficient (Wildman–Crippen LogP) is 1.45. The topological polar surface area (TPSA) is 113 Å². The maximum absolute atomic E-state index is 12.7. The summed E-state index contributed by atoms with van der Waals surface area (Å²) in [5.74, 6) is 0.0724. The lowest BCUT2D eigenvalue weighted by Crippen LogP contribution is -2.47. The van der Waals surface area contributed by atoms with Crippen LogP contribution in [-0.2, 0) is 21.2 Å². The van der Waals surface area contributed by atoms with Gasteiger partial charge in [0.15, 0.2) is 0 Å². The minimum atomic E-state index is -3.66. The van der Waals surface area contributed by atoms with Crippen LogP contribution in [0.25, 0.3) is 0 Å². The van der Waals surface area contributed by atoms with Crippen molar-refractivity contribution in [3.05, 3.63) is 34.8 Å². The van der Waals surface area contributed by atoms with Gasteiger partial charge in [-0.05, 0) is 30.2 Å². The smallest absolute Gasteiger partial charge is 0.257 e. The molecule has 0 atom stereocenters. The average molecular weight is 438 g/mol. The van der Waals surface area contributed by atoms with Crippen molar-refractivity contribution in [3.63, 3.8) is 0 Å². The highest BCUT2D eigenvalue weighted by molar-refractivity contribution is 7.89. The number of aromatic nitrogens is 2. The molecule has 1 aromatic carbocycles. The van der Waals surface area contributed by atoms with Gasteiger partial charge >= 0.3 is 0 Å². The van der Waals surface area contributed by atoms with Crippen molar-refractivity contribution >= 4 is 38.8 Å². The van der Waals surface area contributed by atoms with Crippen LogP contribution in [0.5, 0.6) is 0 Å². The Bertz CT molecular complexity index is 964. The van der Waals surface area contributed by atoms with Gasteiger partial charge < -0.3 is 4.90 Å². The first-order valence-corrected chi connectivity index (χ1v) is 11.5. The summed E-state index contributed by atoms with van der Waals surface area (Å²) in [6, 6.07) is 5.78. The number of amides is 2. The van der Waals surface area contributed by atoms with Gasteiger partial charge in [-0.15, -0.1) is 10.2 Å². The third-order valence-electron chi connectivity index (χ3n) is 4.45. The molecular weight excluding hydrogens is 414 g/mol. The summed E-state index contributed by atoms with van der Waals surface area (Å²) in [6.07, 6.45) is 1.52. The number of piperazine rings is 1. The van der Waals surface area contributed by atoms with Crippen molar-refractivity contribution in [1.29, 1.82) is 0 Å². The van der Waals surface area contributed by atoms with Gasteiger partial charge in [0, 0.05) is 38.2 Å². The van der Waals surface area contributed by atoms with Gasteiger partial charge in [0.05, 0.1) is 4.90 Å². The number of carbonyl (C=O) groups is 2. The minimum absolute atomic E-state index is 0.115. The average Bonchev–Trinajstić information content (AvgIpc) is 3.14. The summed E-state index contributed by atoms with van der Waals surface area (Å²) in [5.41, 5.74) is 0.329. The number of sulfonamides is 1. The largest absolute Gasteiger partial charge is 0.343 e. The Labute approximate surface area is 173 Å². The van der Waals surface area contributed by atoms with Crippen LogP contribution < -0.4 is 5.32 Å². The van der Waals surface area contributed by atoms with Crippen LogP contribution in [0, 0.1) is 5.92 Å². The molecule has 1 aliphatic rings. The van der Waals surface area contributed by atoms with Crippen molar-refractivity contribution in [3.8, 4) is 0 Å². The van der Waals surface area contributed by atoms with Crippen molar-refractivity contribution in [2.24, 2.45) is 5.92 Å². The van der Waals surface area contributed by atoms with Crippen molar-refractivity contribution in [2.75, 3.05) is 31.5 Å². The van der Waals surface area contributed by atoms with Gasteiger partial charge in [-0.3, -0.25) is 14.9 Å². The van der Waals surface area contributed by atoms with E-state index in [1.807, 2.05) is 0 Å². The molecule has 1 aliphatic heterocycles. The van der Waals surface area contributed by atoms with Crippen LogP contribution in [0.2, 0.25) is 0 Å². The number of hydrogen-bond acceptors (Lipinski definition) is 7.